The third kappa shape index (κ3) is 2.75. The van der Waals surface area contributed by atoms with Gasteiger partial charge in [-0.25, -0.2) is 0 Å². The number of thioether (sulfide) groups is 1. The van der Waals surface area contributed by atoms with Crippen LogP contribution in [-0.2, 0) is 16.0 Å². The minimum Gasteiger partial charge on any atom is -0.347 e. The maximum atomic E-state index is 12.7. The number of fused-ring (bicyclic) bond motifs is 1. The molecule has 2 unspecified atom stereocenters. The van der Waals surface area contributed by atoms with Crippen molar-refractivity contribution in [2.24, 2.45) is 5.92 Å². The molecule has 1 saturated heterocycles. The van der Waals surface area contributed by atoms with E-state index in [2.05, 4.69) is 23.5 Å². The van der Waals surface area contributed by atoms with Gasteiger partial charge in [-0.2, -0.15) is 0 Å². The molecule has 0 spiro atoms. The highest BCUT2D eigenvalue weighted by Crippen LogP contribution is 2.34. The molecule has 1 saturated carbocycles. The first kappa shape index (κ1) is 15.1. The topological polar surface area (TPSA) is 49.4 Å². The lowest BCUT2D eigenvalue weighted by Crippen LogP contribution is -2.50. The number of hydrogen-bond acceptors (Lipinski definition) is 3. The number of nitrogens with one attached hydrogen (secondary N) is 1. The summed E-state index contributed by atoms with van der Waals surface area (Å²) in [6.07, 6.45) is 5.11. The van der Waals surface area contributed by atoms with Crippen molar-refractivity contribution in [1.82, 2.24) is 10.2 Å². The molecule has 1 N–H and O–H groups in total. The minimum atomic E-state index is -0.291. The second-order valence-corrected chi connectivity index (χ2v) is 7.75. The fourth-order valence-electron chi connectivity index (χ4n) is 3.74. The Morgan fingerprint density at radius 1 is 1.17 bits per heavy atom. The van der Waals surface area contributed by atoms with Crippen molar-refractivity contribution in [1.29, 1.82) is 0 Å². The van der Waals surface area contributed by atoms with Gasteiger partial charge in [-0.1, -0.05) is 30.7 Å². The molecule has 2 aliphatic carbocycles. The van der Waals surface area contributed by atoms with Gasteiger partial charge in [0.1, 0.15) is 6.04 Å². The third-order valence-electron chi connectivity index (χ3n) is 5.37. The molecule has 0 aromatic heterocycles. The number of amides is 2. The smallest absolute Gasteiger partial charge is 0.244 e. The van der Waals surface area contributed by atoms with Crippen LogP contribution in [0.3, 0.4) is 0 Å². The normalized spacial score (nSPS) is 26.7. The summed E-state index contributed by atoms with van der Waals surface area (Å²) in [5, 5.41) is 3.19. The SMILES string of the molecule is O=C(NC1CCc2ccccc21)C1CSCN1C(=O)C1CCC1. The van der Waals surface area contributed by atoms with E-state index in [1.165, 1.54) is 11.1 Å². The van der Waals surface area contributed by atoms with E-state index >= 15 is 0 Å². The molecule has 122 valence electrons. The van der Waals surface area contributed by atoms with E-state index in [4.69, 9.17) is 0 Å². The molecular formula is C18H22N2O2S. The summed E-state index contributed by atoms with van der Waals surface area (Å²) in [5.74, 6) is 1.75. The number of rotatable bonds is 3. The summed E-state index contributed by atoms with van der Waals surface area (Å²) in [4.78, 5) is 27.1. The van der Waals surface area contributed by atoms with Crippen LogP contribution in [0.1, 0.15) is 42.9 Å². The van der Waals surface area contributed by atoms with Gasteiger partial charge in [0.25, 0.3) is 0 Å². The molecule has 1 aromatic rings. The lowest BCUT2D eigenvalue weighted by molar-refractivity contribution is -0.143. The van der Waals surface area contributed by atoms with Gasteiger partial charge in [-0.15, -0.1) is 11.8 Å². The monoisotopic (exact) mass is 330 g/mol. The van der Waals surface area contributed by atoms with Crippen molar-refractivity contribution in [3.63, 3.8) is 0 Å². The highest BCUT2D eigenvalue weighted by atomic mass is 32.2. The fraction of sp³-hybridized carbons (Fsp3) is 0.556. The Labute approximate surface area is 141 Å². The maximum Gasteiger partial charge on any atom is 0.244 e. The van der Waals surface area contributed by atoms with Crippen molar-refractivity contribution in [3.05, 3.63) is 35.4 Å². The molecule has 23 heavy (non-hydrogen) atoms. The first-order chi connectivity index (χ1) is 11.2. The highest BCUT2D eigenvalue weighted by molar-refractivity contribution is 7.99. The van der Waals surface area contributed by atoms with Crippen LogP contribution < -0.4 is 5.32 Å². The zero-order chi connectivity index (χ0) is 15.8. The van der Waals surface area contributed by atoms with Crippen LogP contribution in [0.25, 0.3) is 0 Å². The Morgan fingerprint density at radius 3 is 2.78 bits per heavy atom. The van der Waals surface area contributed by atoms with Gasteiger partial charge >= 0.3 is 0 Å². The van der Waals surface area contributed by atoms with Crippen LogP contribution in [0.2, 0.25) is 0 Å². The van der Waals surface area contributed by atoms with Gasteiger partial charge in [0.05, 0.1) is 11.9 Å². The van der Waals surface area contributed by atoms with Gasteiger partial charge in [0.15, 0.2) is 0 Å². The fourth-order valence-corrected chi connectivity index (χ4v) is 4.91. The molecule has 0 bridgehead atoms. The second kappa shape index (κ2) is 6.19. The zero-order valence-electron chi connectivity index (χ0n) is 13.2. The van der Waals surface area contributed by atoms with Gasteiger partial charge in [0.2, 0.25) is 11.8 Å². The minimum absolute atomic E-state index is 0.0179. The van der Waals surface area contributed by atoms with Gasteiger partial charge in [0, 0.05) is 11.7 Å². The van der Waals surface area contributed by atoms with E-state index in [9.17, 15) is 9.59 Å². The Hall–Kier alpha value is -1.49. The lowest BCUT2D eigenvalue weighted by Gasteiger charge is -2.32. The van der Waals surface area contributed by atoms with E-state index in [-0.39, 0.29) is 29.8 Å². The molecule has 2 fully saturated rings. The van der Waals surface area contributed by atoms with E-state index in [0.29, 0.717) is 5.88 Å². The summed E-state index contributed by atoms with van der Waals surface area (Å²) >= 11 is 1.69. The van der Waals surface area contributed by atoms with Gasteiger partial charge < -0.3 is 10.2 Å². The molecule has 4 rings (SSSR count). The lowest BCUT2D eigenvalue weighted by atomic mass is 9.84. The molecular weight excluding hydrogens is 308 g/mol. The zero-order valence-corrected chi connectivity index (χ0v) is 14.0. The predicted molar refractivity (Wildman–Crippen MR) is 90.9 cm³/mol. The summed E-state index contributed by atoms with van der Waals surface area (Å²) in [5.41, 5.74) is 2.57. The van der Waals surface area contributed by atoms with Gasteiger partial charge in [-0.3, -0.25) is 9.59 Å². The van der Waals surface area contributed by atoms with Crippen molar-refractivity contribution in [2.75, 3.05) is 11.6 Å². The molecule has 2 atom stereocenters. The van der Waals surface area contributed by atoms with Crippen molar-refractivity contribution < 1.29 is 9.59 Å². The van der Waals surface area contributed by atoms with Crippen molar-refractivity contribution >= 4 is 23.6 Å². The van der Waals surface area contributed by atoms with E-state index in [0.717, 1.165) is 37.9 Å². The van der Waals surface area contributed by atoms with Crippen molar-refractivity contribution in [3.8, 4) is 0 Å². The number of hydrogen-bond donors (Lipinski definition) is 1. The summed E-state index contributed by atoms with van der Waals surface area (Å²) in [6.45, 7) is 0. The standard InChI is InChI=1S/C18H22N2O2S/c21-17(19-15-9-8-12-4-1-2-7-14(12)15)16-10-23-11-20(16)18(22)13-5-3-6-13/h1-2,4,7,13,15-16H,3,5-6,8-11H2,(H,19,21). The number of aryl methyl sites for hydroxylation is 1. The maximum absolute atomic E-state index is 12.7. The van der Waals surface area contributed by atoms with Gasteiger partial charge in [-0.05, 0) is 36.8 Å². The van der Waals surface area contributed by atoms with E-state index in [1.54, 1.807) is 11.8 Å². The predicted octanol–water partition coefficient (Wildman–Crippen LogP) is 2.49. The number of carbonyl (C=O) groups is 2. The molecule has 1 heterocycles. The first-order valence-electron chi connectivity index (χ1n) is 8.50. The molecule has 3 aliphatic rings. The van der Waals surface area contributed by atoms with Crippen LogP contribution in [0.5, 0.6) is 0 Å². The summed E-state index contributed by atoms with van der Waals surface area (Å²) in [6, 6.07) is 8.13. The first-order valence-corrected chi connectivity index (χ1v) is 9.66. The van der Waals surface area contributed by atoms with Crippen LogP contribution >= 0.6 is 11.8 Å². The Morgan fingerprint density at radius 2 is 2.00 bits per heavy atom. The van der Waals surface area contributed by atoms with Crippen molar-refractivity contribution in [2.45, 2.75) is 44.2 Å². The summed E-state index contributed by atoms with van der Waals surface area (Å²) < 4.78 is 0. The van der Waals surface area contributed by atoms with Crippen LogP contribution in [0.15, 0.2) is 24.3 Å². The Kier molecular flexibility index (Phi) is 4.05. The van der Waals surface area contributed by atoms with Crippen LogP contribution in [0, 0.1) is 5.92 Å². The Balaban J connectivity index is 1.43. The molecule has 4 nitrogen and oxygen atoms in total. The molecule has 1 aliphatic heterocycles. The summed E-state index contributed by atoms with van der Waals surface area (Å²) in [7, 11) is 0. The van der Waals surface area contributed by atoms with Crippen LogP contribution in [-0.4, -0.2) is 34.4 Å². The second-order valence-electron chi connectivity index (χ2n) is 6.75. The third-order valence-corrected chi connectivity index (χ3v) is 6.38. The van der Waals surface area contributed by atoms with E-state index < -0.39 is 0 Å². The molecule has 5 heteroatoms. The van der Waals surface area contributed by atoms with E-state index in [1.807, 2.05) is 11.0 Å². The number of carbonyl (C=O) groups excluding carboxylic acids is 2. The molecule has 2 amide bonds. The average Bonchev–Trinajstić information content (AvgIpc) is 3.13. The Bertz CT molecular complexity index is 629. The largest absolute Gasteiger partial charge is 0.347 e. The van der Waals surface area contributed by atoms with Crippen LogP contribution in [0.4, 0.5) is 0 Å². The highest BCUT2D eigenvalue weighted by Gasteiger charge is 2.40. The quantitative estimate of drug-likeness (QED) is 0.926. The molecule has 1 aromatic carbocycles. The average molecular weight is 330 g/mol. The number of nitrogens with zero attached hydrogens (tertiary/aromatic N) is 1. The molecule has 0 radical (unpaired) electrons. The number of benzene rings is 1.